The van der Waals surface area contributed by atoms with Crippen molar-refractivity contribution in [2.24, 2.45) is 5.92 Å². The maximum Gasteiger partial charge on any atom is 0.416 e. The number of aromatic nitrogens is 1. The quantitative estimate of drug-likeness (QED) is 0.204. The van der Waals surface area contributed by atoms with Crippen molar-refractivity contribution in [2.75, 3.05) is 26.7 Å². The smallest absolute Gasteiger partial charge is 0.416 e. The molecule has 0 radical (unpaired) electrons. The molecule has 8 nitrogen and oxygen atoms in total. The van der Waals surface area contributed by atoms with Crippen molar-refractivity contribution < 1.29 is 37.0 Å². The van der Waals surface area contributed by atoms with Gasteiger partial charge in [-0.05, 0) is 104 Å². The monoisotopic (exact) mass is 659 g/mol. The minimum atomic E-state index is -4.77. The summed E-state index contributed by atoms with van der Waals surface area (Å²) in [5.41, 5.74) is 0.143. The third-order valence-electron chi connectivity index (χ3n) is 8.55. The maximum absolute atomic E-state index is 15.7. The predicted octanol–water partition coefficient (Wildman–Crippen LogP) is 6.47. The summed E-state index contributed by atoms with van der Waals surface area (Å²) < 4.78 is 63.9. The Kier molecular flexibility index (Phi) is 11.2. The van der Waals surface area contributed by atoms with Gasteiger partial charge in [0.2, 0.25) is 5.91 Å². The molecule has 0 spiro atoms. The lowest BCUT2D eigenvalue weighted by atomic mass is 9.92. The number of alkyl halides is 3. The molecule has 1 amide bonds. The first-order valence-corrected chi connectivity index (χ1v) is 15.6. The number of hydrogen-bond acceptors (Lipinski definition) is 5. The highest BCUT2D eigenvalue weighted by molar-refractivity contribution is 5.82. The SMILES string of the molecule is COc1ccc(-c2cc(C)c(F)c([C@H](CC(=O)O)NC(=O)C(CC(C)C)n3cc(CCN4CCC4)c(C(F)(F)F)cc3=O)c2)c(C)c1. The number of likely N-dealkylation sites (tertiary alicyclic amines) is 1. The second kappa shape index (κ2) is 14.7. The summed E-state index contributed by atoms with van der Waals surface area (Å²) in [7, 11) is 1.54. The van der Waals surface area contributed by atoms with Gasteiger partial charge in [0.1, 0.15) is 17.6 Å². The van der Waals surface area contributed by atoms with Gasteiger partial charge in [0.25, 0.3) is 5.56 Å². The third kappa shape index (κ3) is 8.59. The number of carboxylic acids is 1. The van der Waals surface area contributed by atoms with Crippen LogP contribution < -0.4 is 15.6 Å². The molecule has 3 aromatic rings. The van der Waals surface area contributed by atoms with Crippen LogP contribution in [0, 0.1) is 25.6 Å². The lowest BCUT2D eigenvalue weighted by Gasteiger charge is -2.31. The van der Waals surface area contributed by atoms with E-state index in [0.29, 0.717) is 23.9 Å². The van der Waals surface area contributed by atoms with E-state index in [1.54, 1.807) is 38.1 Å². The molecule has 2 aromatic carbocycles. The highest BCUT2D eigenvalue weighted by atomic mass is 19.4. The Hall–Kier alpha value is -4.19. The van der Waals surface area contributed by atoms with Gasteiger partial charge >= 0.3 is 12.1 Å². The zero-order valence-corrected chi connectivity index (χ0v) is 27.2. The number of amides is 1. The topological polar surface area (TPSA) is 101 Å². The van der Waals surface area contributed by atoms with Gasteiger partial charge in [0.05, 0.1) is 25.1 Å². The van der Waals surface area contributed by atoms with E-state index in [1.165, 1.54) is 20.1 Å². The molecule has 1 fully saturated rings. The zero-order chi connectivity index (χ0) is 34.6. The van der Waals surface area contributed by atoms with Crippen LogP contribution in [0.4, 0.5) is 17.6 Å². The van der Waals surface area contributed by atoms with Crippen molar-refractivity contribution in [3.05, 3.63) is 86.6 Å². The van der Waals surface area contributed by atoms with Gasteiger partial charge in [-0.2, -0.15) is 13.2 Å². The number of aryl methyl sites for hydroxylation is 2. The number of pyridine rings is 1. The van der Waals surface area contributed by atoms with Gasteiger partial charge in [-0.3, -0.25) is 14.4 Å². The molecule has 0 aliphatic carbocycles. The first kappa shape index (κ1) is 35.7. The Balaban J connectivity index is 1.75. The molecule has 12 heteroatoms. The number of hydrogen-bond donors (Lipinski definition) is 2. The Morgan fingerprint density at radius 2 is 1.77 bits per heavy atom. The van der Waals surface area contributed by atoms with Gasteiger partial charge in [0.15, 0.2) is 0 Å². The van der Waals surface area contributed by atoms with Crippen LogP contribution in [0.1, 0.15) is 73.0 Å². The number of halogens is 4. The summed E-state index contributed by atoms with van der Waals surface area (Å²) >= 11 is 0. The van der Waals surface area contributed by atoms with E-state index in [1.807, 2.05) is 11.8 Å². The standard InChI is InChI=1S/C35H41F4N3O5/c1-20(2)13-30(42-19-23(9-12-41-10-6-11-41)28(17-31(42)43)35(37,38)39)34(46)40-29(18-32(44)45)27-16-24(14-22(4)33(27)36)26-8-7-25(47-5)15-21(26)3/h7-8,14-17,19-20,29-30H,6,9-13,18H2,1-5H3,(H,40,46)(H,44,45)/t29-,30?/m0/s1. The summed E-state index contributed by atoms with van der Waals surface area (Å²) in [6, 6.07) is 6.35. The minimum Gasteiger partial charge on any atom is -0.497 e. The third-order valence-corrected chi connectivity index (χ3v) is 8.55. The molecule has 0 saturated carbocycles. The van der Waals surface area contributed by atoms with E-state index in [4.69, 9.17) is 4.74 Å². The molecule has 47 heavy (non-hydrogen) atoms. The number of nitrogens with zero attached hydrogens (tertiary/aromatic N) is 2. The second-order valence-corrected chi connectivity index (χ2v) is 12.6. The Morgan fingerprint density at radius 3 is 2.32 bits per heavy atom. The van der Waals surface area contributed by atoms with Crippen LogP contribution in [0.5, 0.6) is 5.75 Å². The van der Waals surface area contributed by atoms with Gasteiger partial charge in [0, 0.05) is 24.4 Å². The molecule has 2 N–H and O–H groups in total. The van der Waals surface area contributed by atoms with Crippen LogP contribution >= 0.6 is 0 Å². The van der Waals surface area contributed by atoms with Crippen molar-refractivity contribution in [3.8, 4) is 16.9 Å². The van der Waals surface area contributed by atoms with E-state index < -0.39 is 53.5 Å². The molecule has 254 valence electrons. The molecular formula is C35H41F4N3O5. The van der Waals surface area contributed by atoms with Crippen LogP contribution in [0.2, 0.25) is 0 Å². The summed E-state index contributed by atoms with van der Waals surface area (Å²) in [6.45, 7) is 8.89. The maximum atomic E-state index is 15.7. The Labute approximate surface area is 271 Å². The van der Waals surface area contributed by atoms with Crippen molar-refractivity contribution in [3.63, 3.8) is 0 Å². The lowest BCUT2D eigenvalue weighted by Crippen LogP contribution is -2.41. The highest BCUT2D eigenvalue weighted by Gasteiger charge is 2.36. The van der Waals surface area contributed by atoms with Crippen molar-refractivity contribution in [1.82, 2.24) is 14.8 Å². The number of methoxy groups -OCH3 is 1. The van der Waals surface area contributed by atoms with Crippen LogP contribution in [0.3, 0.4) is 0 Å². The zero-order valence-electron chi connectivity index (χ0n) is 27.2. The number of aliphatic carboxylic acids is 1. The molecule has 2 atom stereocenters. The summed E-state index contributed by atoms with van der Waals surface area (Å²) in [4.78, 5) is 41.1. The fourth-order valence-corrected chi connectivity index (χ4v) is 5.95. The summed E-state index contributed by atoms with van der Waals surface area (Å²) in [6.07, 6.45) is -3.30. The fraction of sp³-hybridized carbons (Fsp3) is 0.457. The molecule has 1 aliphatic rings. The number of carbonyl (C=O) groups excluding carboxylic acids is 1. The minimum absolute atomic E-state index is 0.0227. The lowest BCUT2D eigenvalue weighted by molar-refractivity contribution is -0.139. The number of rotatable bonds is 13. The molecule has 1 aliphatic heterocycles. The van der Waals surface area contributed by atoms with E-state index in [9.17, 15) is 32.7 Å². The number of benzene rings is 2. The first-order chi connectivity index (χ1) is 22.1. The average molecular weight is 660 g/mol. The van der Waals surface area contributed by atoms with Crippen LogP contribution in [-0.2, 0) is 22.2 Å². The number of carboxylic acid groups (broad SMARTS) is 1. The fourth-order valence-electron chi connectivity index (χ4n) is 5.95. The normalized spacial score (nSPS) is 14.9. The van der Waals surface area contributed by atoms with Gasteiger partial charge in [-0.1, -0.05) is 19.9 Å². The van der Waals surface area contributed by atoms with E-state index in [0.717, 1.165) is 41.4 Å². The van der Waals surface area contributed by atoms with Crippen LogP contribution in [0.25, 0.3) is 11.1 Å². The van der Waals surface area contributed by atoms with Crippen molar-refractivity contribution in [1.29, 1.82) is 0 Å². The molecule has 2 heterocycles. The highest BCUT2D eigenvalue weighted by Crippen LogP contribution is 2.35. The van der Waals surface area contributed by atoms with Crippen molar-refractivity contribution >= 4 is 11.9 Å². The van der Waals surface area contributed by atoms with E-state index in [-0.39, 0.29) is 35.4 Å². The molecule has 4 rings (SSSR count). The Bertz CT molecular complexity index is 1680. The van der Waals surface area contributed by atoms with Crippen molar-refractivity contribution in [2.45, 2.75) is 71.6 Å². The van der Waals surface area contributed by atoms with E-state index >= 15 is 4.39 Å². The van der Waals surface area contributed by atoms with Gasteiger partial charge < -0.3 is 24.6 Å². The van der Waals surface area contributed by atoms with Gasteiger partial charge in [-0.25, -0.2) is 4.39 Å². The average Bonchev–Trinajstić information content (AvgIpc) is 2.95. The summed E-state index contributed by atoms with van der Waals surface area (Å²) in [5.74, 6) is -2.36. The first-order valence-electron chi connectivity index (χ1n) is 15.6. The predicted molar refractivity (Wildman–Crippen MR) is 170 cm³/mol. The second-order valence-electron chi connectivity index (χ2n) is 12.6. The number of nitrogens with one attached hydrogen (secondary N) is 1. The Morgan fingerprint density at radius 1 is 1.06 bits per heavy atom. The number of carbonyl (C=O) groups is 2. The molecular weight excluding hydrogens is 618 g/mol. The van der Waals surface area contributed by atoms with Gasteiger partial charge in [-0.15, -0.1) is 0 Å². The summed E-state index contributed by atoms with van der Waals surface area (Å²) in [5, 5.41) is 12.4. The molecule has 0 bridgehead atoms. The van der Waals surface area contributed by atoms with Crippen LogP contribution in [-0.4, -0.2) is 53.2 Å². The molecule has 1 saturated heterocycles. The molecule has 1 aromatic heterocycles. The van der Waals surface area contributed by atoms with Crippen LogP contribution in [0.15, 0.2) is 47.4 Å². The molecule has 1 unspecified atom stereocenters. The number of ether oxygens (including phenoxy) is 1. The largest absolute Gasteiger partial charge is 0.497 e. The van der Waals surface area contributed by atoms with E-state index in [2.05, 4.69) is 5.32 Å².